The molecular formula is C18H22N4OS. The maximum atomic E-state index is 12.2. The number of aryl methyl sites for hydroxylation is 1. The molecule has 0 aromatic carbocycles. The Kier molecular flexibility index (Phi) is 4.00. The van der Waals surface area contributed by atoms with Crippen molar-refractivity contribution in [1.29, 1.82) is 0 Å². The molecule has 2 aliphatic rings. The molecule has 2 N–H and O–H groups in total. The number of nitrogens with one attached hydrogen (secondary N) is 2. The molecule has 0 saturated heterocycles. The van der Waals surface area contributed by atoms with Crippen molar-refractivity contribution in [2.45, 2.75) is 26.7 Å². The van der Waals surface area contributed by atoms with Crippen molar-refractivity contribution in [3.05, 3.63) is 28.9 Å². The molecule has 1 saturated carbocycles. The van der Waals surface area contributed by atoms with E-state index in [0.29, 0.717) is 18.4 Å². The molecule has 6 heteroatoms. The van der Waals surface area contributed by atoms with Gasteiger partial charge in [0.25, 0.3) is 5.91 Å². The first kappa shape index (κ1) is 15.6. The second-order valence-corrected chi connectivity index (χ2v) is 7.74. The maximum Gasteiger partial charge on any atom is 0.261 e. The summed E-state index contributed by atoms with van der Waals surface area (Å²) in [5.41, 5.74) is 0.969. The van der Waals surface area contributed by atoms with Crippen molar-refractivity contribution in [2.75, 3.05) is 18.4 Å². The number of hydrogen-bond donors (Lipinski definition) is 2. The number of rotatable bonds is 5. The number of fused-ring (bicyclic) bond motifs is 3. The van der Waals surface area contributed by atoms with E-state index < -0.39 is 0 Å². The zero-order valence-electron chi connectivity index (χ0n) is 14.0. The van der Waals surface area contributed by atoms with Crippen molar-refractivity contribution in [1.82, 2.24) is 15.3 Å². The third-order valence-corrected chi connectivity index (χ3v) is 6.42. The van der Waals surface area contributed by atoms with Gasteiger partial charge in [-0.25, -0.2) is 9.97 Å². The number of carbonyl (C=O) groups excluding carboxylic acids is 1. The molecular weight excluding hydrogens is 320 g/mol. The molecule has 1 fully saturated rings. The Labute approximate surface area is 145 Å². The lowest BCUT2D eigenvalue weighted by molar-refractivity contribution is 0.0959. The van der Waals surface area contributed by atoms with Crippen LogP contribution in [0.15, 0.2) is 18.5 Å². The summed E-state index contributed by atoms with van der Waals surface area (Å²) in [5.74, 6) is 3.01. The van der Waals surface area contributed by atoms with Gasteiger partial charge >= 0.3 is 0 Å². The van der Waals surface area contributed by atoms with Gasteiger partial charge in [0.2, 0.25) is 0 Å². The molecule has 2 bridgehead atoms. The van der Waals surface area contributed by atoms with E-state index in [-0.39, 0.29) is 5.91 Å². The Bertz CT molecular complexity index is 813. The number of carbonyl (C=O) groups is 1. The molecule has 2 aromatic rings. The molecule has 126 valence electrons. The number of hydrogen-bond acceptors (Lipinski definition) is 5. The topological polar surface area (TPSA) is 66.9 Å². The quantitative estimate of drug-likeness (QED) is 0.818. The van der Waals surface area contributed by atoms with Crippen LogP contribution >= 0.6 is 11.3 Å². The fourth-order valence-electron chi connectivity index (χ4n) is 4.02. The van der Waals surface area contributed by atoms with Gasteiger partial charge in [-0.3, -0.25) is 4.79 Å². The van der Waals surface area contributed by atoms with Gasteiger partial charge in [-0.2, -0.15) is 0 Å². The molecule has 5 nitrogen and oxygen atoms in total. The van der Waals surface area contributed by atoms with Crippen molar-refractivity contribution in [3.8, 4) is 0 Å². The van der Waals surface area contributed by atoms with Crippen LogP contribution in [0.5, 0.6) is 0 Å². The van der Waals surface area contributed by atoms with Gasteiger partial charge in [0.05, 0.1) is 10.3 Å². The standard InChI is InChI=1S/C18H22N4OS/c1-3-19-17(23)15-10(2)14-16(21-9-22-18(14)24-15)20-8-13-7-11-4-5-12(13)6-11/h4-5,9,11-13H,3,6-8H2,1-2H3,(H,19,23)(H,20,21,22)/t11-,12+,13-/m1/s1. The molecule has 2 heterocycles. The second kappa shape index (κ2) is 6.16. The molecule has 0 unspecified atom stereocenters. The lowest BCUT2D eigenvalue weighted by Crippen LogP contribution is -2.22. The van der Waals surface area contributed by atoms with Crippen LogP contribution in [0.25, 0.3) is 10.2 Å². The molecule has 4 rings (SSSR count). The minimum atomic E-state index is -0.0258. The monoisotopic (exact) mass is 342 g/mol. The van der Waals surface area contributed by atoms with Crippen LogP contribution < -0.4 is 10.6 Å². The highest BCUT2D eigenvalue weighted by atomic mass is 32.1. The Morgan fingerprint density at radius 2 is 2.21 bits per heavy atom. The van der Waals surface area contributed by atoms with Crippen molar-refractivity contribution >= 4 is 33.3 Å². The van der Waals surface area contributed by atoms with Gasteiger partial charge in [0.15, 0.2) is 0 Å². The number of amides is 1. The average molecular weight is 342 g/mol. The molecule has 24 heavy (non-hydrogen) atoms. The van der Waals surface area contributed by atoms with Gasteiger partial charge in [-0.15, -0.1) is 11.3 Å². The fourth-order valence-corrected chi connectivity index (χ4v) is 5.09. The SMILES string of the molecule is CCNC(=O)c1sc2ncnc(NC[C@H]3C[C@@H]4C=C[C@H]3C4)c2c1C. The molecule has 3 atom stereocenters. The zero-order valence-corrected chi connectivity index (χ0v) is 14.8. The summed E-state index contributed by atoms with van der Waals surface area (Å²) >= 11 is 1.44. The van der Waals surface area contributed by atoms with Crippen LogP contribution in [0.4, 0.5) is 5.82 Å². The van der Waals surface area contributed by atoms with E-state index in [4.69, 9.17) is 0 Å². The zero-order chi connectivity index (χ0) is 16.7. The predicted octanol–water partition coefficient (Wildman–Crippen LogP) is 3.37. The van der Waals surface area contributed by atoms with Crippen LogP contribution in [0.2, 0.25) is 0 Å². The molecule has 0 aliphatic heterocycles. The number of allylic oxidation sites excluding steroid dienone is 2. The smallest absolute Gasteiger partial charge is 0.261 e. The lowest BCUT2D eigenvalue weighted by Gasteiger charge is -2.19. The highest BCUT2D eigenvalue weighted by Crippen LogP contribution is 2.43. The van der Waals surface area contributed by atoms with Gasteiger partial charge in [-0.1, -0.05) is 12.2 Å². The summed E-state index contributed by atoms with van der Waals surface area (Å²) < 4.78 is 0. The van der Waals surface area contributed by atoms with Gasteiger partial charge < -0.3 is 10.6 Å². The molecule has 0 radical (unpaired) electrons. The van der Waals surface area contributed by atoms with Crippen LogP contribution in [0.1, 0.15) is 35.0 Å². The fraction of sp³-hybridized carbons (Fsp3) is 0.500. The Morgan fingerprint density at radius 1 is 1.33 bits per heavy atom. The highest BCUT2D eigenvalue weighted by Gasteiger charge is 2.35. The van der Waals surface area contributed by atoms with Crippen LogP contribution in [0.3, 0.4) is 0 Å². The highest BCUT2D eigenvalue weighted by molar-refractivity contribution is 7.20. The van der Waals surface area contributed by atoms with Gasteiger partial charge in [-0.05, 0) is 50.0 Å². The third kappa shape index (κ3) is 2.59. The maximum absolute atomic E-state index is 12.2. The first-order valence-electron chi connectivity index (χ1n) is 8.61. The van der Waals surface area contributed by atoms with Crippen molar-refractivity contribution < 1.29 is 4.79 Å². The van der Waals surface area contributed by atoms with E-state index in [1.165, 1.54) is 24.2 Å². The Balaban J connectivity index is 1.59. The number of anilines is 1. The number of nitrogens with zero attached hydrogens (tertiary/aromatic N) is 2. The van der Waals surface area contributed by atoms with Crippen LogP contribution in [0, 0.1) is 24.7 Å². The normalized spacial score (nSPS) is 24.7. The van der Waals surface area contributed by atoms with Crippen LogP contribution in [-0.4, -0.2) is 29.0 Å². The lowest BCUT2D eigenvalue weighted by atomic mass is 9.93. The van der Waals surface area contributed by atoms with Crippen molar-refractivity contribution in [2.24, 2.45) is 17.8 Å². The average Bonchev–Trinajstić information content (AvgIpc) is 3.28. The third-order valence-electron chi connectivity index (χ3n) is 5.22. The largest absolute Gasteiger partial charge is 0.369 e. The first-order valence-corrected chi connectivity index (χ1v) is 9.43. The Morgan fingerprint density at radius 3 is 2.92 bits per heavy atom. The van der Waals surface area contributed by atoms with E-state index in [1.54, 1.807) is 6.33 Å². The summed E-state index contributed by atoms with van der Waals surface area (Å²) in [6.45, 7) is 5.47. The summed E-state index contributed by atoms with van der Waals surface area (Å²) in [5, 5.41) is 7.39. The summed E-state index contributed by atoms with van der Waals surface area (Å²) in [4.78, 5) is 22.6. The molecule has 2 aromatic heterocycles. The molecule has 0 spiro atoms. The second-order valence-electron chi connectivity index (χ2n) is 6.74. The van der Waals surface area contributed by atoms with Crippen LogP contribution in [-0.2, 0) is 0 Å². The summed E-state index contributed by atoms with van der Waals surface area (Å²) in [7, 11) is 0. The minimum absolute atomic E-state index is 0.0258. The van der Waals surface area contributed by atoms with E-state index in [2.05, 4.69) is 32.8 Å². The van der Waals surface area contributed by atoms with E-state index in [9.17, 15) is 4.79 Å². The van der Waals surface area contributed by atoms with Gasteiger partial charge in [0.1, 0.15) is 17.0 Å². The number of thiophene rings is 1. The van der Waals surface area contributed by atoms with Crippen molar-refractivity contribution in [3.63, 3.8) is 0 Å². The van der Waals surface area contributed by atoms with E-state index in [0.717, 1.165) is 38.9 Å². The Hall–Kier alpha value is -1.95. The predicted molar refractivity (Wildman–Crippen MR) is 97.5 cm³/mol. The van der Waals surface area contributed by atoms with E-state index in [1.807, 2.05) is 13.8 Å². The van der Waals surface area contributed by atoms with Gasteiger partial charge in [0, 0.05) is 13.1 Å². The molecule has 1 amide bonds. The summed E-state index contributed by atoms with van der Waals surface area (Å²) in [6, 6.07) is 0. The summed E-state index contributed by atoms with van der Waals surface area (Å²) in [6.07, 6.45) is 8.91. The molecule has 2 aliphatic carbocycles. The number of aromatic nitrogens is 2. The minimum Gasteiger partial charge on any atom is -0.369 e. The first-order chi connectivity index (χ1) is 11.7. The van der Waals surface area contributed by atoms with E-state index >= 15 is 0 Å².